The van der Waals surface area contributed by atoms with Crippen molar-refractivity contribution in [2.24, 2.45) is 5.92 Å². The zero-order valence-electron chi connectivity index (χ0n) is 11.9. The van der Waals surface area contributed by atoms with Crippen LogP contribution < -0.4 is 5.32 Å². The first-order valence-electron chi connectivity index (χ1n) is 6.99. The Labute approximate surface area is 120 Å². The molecule has 0 aromatic carbocycles. The van der Waals surface area contributed by atoms with E-state index >= 15 is 0 Å². The Morgan fingerprint density at radius 2 is 2.10 bits per heavy atom. The van der Waals surface area contributed by atoms with Gasteiger partial charge in [-0.05, 0) is 12.3 Å². The van der Waals surface area contributed by atoms with Gasteiger partial charge in [-0.3, -0.25) is 4.79 Å². The van der Waals surface area contributed by atoms with Crippen molar-refractivity contribution in [3.8, 4) is 0 Å². The van der Waals surface area contributed by atoms with Crippen molar-refractivity contribution in [2.45, 2.75) is 6.42 Å². The van der Waals surface area contributed by atoms with E-state index in [2.05, 4.69) is 5.32 Å². The Balaban J connectivity index is 1.85. The second kappa shape index (κ2) is 6.84. The third-order valence-electron chi connectivity index (χ3n) is 3.77. The fourth-order valence-corrected chi connectivity index (χ4v) is 3.86. The van der Waals surface area contributed by atoms with Crippen LogP contribution in [-0.4, -0.2) is 82.3 Å². The molecule has 2 aliphatic heterocycles. The molecule has 1 amide bonds. The number of sulfonamides is 1. The highest BCUT2D eigenvalue weighted by molar-refractivity contribution is 7.89. The number of ether oxygens (including phenoxy) is 1. The van der Waals surface area contributed by atoms with Gasteiger partial charge in [-0.2, -0.15) is 4.31 Å². The van der Waals surface area contributed by atoms with E-state index in [1.165, 1.54) is 11.4 Å². The fraction of sp³-hybridized carbons (Fsp3) is 0.917. The normalized spacial score (nSPS) is 24.3. The highest BCUT2D eigenvalue weighted by atomic mass is 32.2. The van der Waals surface area contributed by atoms with Gasteiger partial charge in [-0.25, -0.2) is 8.42 Å². The van der Waals surface area contributed by atoms with Gasteiger partial charge in [0.1, 0.15) is 0 Å². The lowest BCUT2D eigenvalue weighted by Crippen LogP contribution is -2.50. The summed E-state index contributed by atoms with van der Waals surface area (Å²) in [5, 5.41) is 3.16. The van der Waals surface area contributed by atoms with Crippen molar-refractivity contribution in [3.05, 3.63) is 0 Å². The summed E-state index contributed by atoms with van der Waals surface area (Å²) in [6.45, 7) is 3.87. The molecule has 0 aromatic heterocycles. The van der Waals surface area contributed by atoms with E-state index in [0.717, 1.165) is 19.5 Å². The molecule has 20 heavy (non-hydrogen) atoms. The molecule has 0 aromatic rings. The molecule has 2 fully saturated rings. The maximum Gasteiger partial charge on any atom is 0.237 e. The number of likely N-dealkylation sites (N-methyl/N-ethyl adjacent to an activating group) is 1. The van der Waals surface area contributed by atoms with Crippen LogP contribution in [0.25, 0.3) is 0 Å². The summed E-state index contributed by atoms with van der Waals surface area (Å²) in [5.74, 6) is -0.00444. The maximum atomic E-state index is 12.2. The molecule has 0 spiro atoms. The van der Waals surface area contributed by atoms with Crippen molar-refractivity contribution < 1.29 is 17.9 Å². The zero-order valence-corrected chi connectivity index (χ0v) is 12.7. The van der Waals surface area contributed by atoms with Gasteiger partial charge >= 0.3 is 0 Å². The molecule has 0 radical (unpaired) electrons. The zero-order chi connectivity index (χ0) is 14.6. The molecule has 2 aliphatic rings. The molecule has 2 rings (SSSR count). The molecule has 0 aliphatic carbocycles. The average Bonchev–Trinajstić information content (AvgIpc) is 2.91. The standard InChI is InChI=1S/C12H23N3O4S/c1-14(8-12(16)15-5-3-13-4-6-15)20(17,18)10-11-2-7-19-9-11/h11,13H,2-10H2,1H3. The van der Waals surface area contributed by atoms with Crippen LogP contribution in [0.2, 0.25) is 0 Å². The SMILES string of the molecule is CN(CC(=O)N1CCNCC1)S(=O)(=O)CC1CCOC1. The third-order valence-corrected chi connectivity index (χ3v) is 5.74. The van der Waals surface area contributed by atoms with E-state index in [9.17, 15) is 13.2 Å². The van der Waals surface area contributed by atoms with E-state index in [1.54, 1.807) is 4.90 Å². The van der Waals surface area contributed by atoms with Gasteiger partial charge in [0.05, 0.1) is 18.9 Å². The molecular formula is C12H23N3O4S. The van der Waals surface area contributed by atoms with E-state index in [1.807, 2.05) is 0 Å². The Morgan fingerprint density at radius 3 is 2.70 bits per heavy atom. The third kappa shape index (κ3) is 4.15. The van der Waals surface area contributed by atoms with E-state index in [4.69, 9.17) is 4.74 Å². The number of nitrogens with zero attached hydrogens (tertiary/aromatic N) is 2. The topological polar surface area (TPSA) is 79.0 Å². The van der Waals surface area contributed by atoms with Crippen LogP contribution in [0.3, 0.4) is 0 Å². The van der Waals surface area contributed by atoms with E-state index < -0.39 is 10.0 Å². The summed E-state index contributed by atoms with van der Waals surface area (Å²) in [6.07, 6.45) is 0.777. The summed E-state index contributed by atoms with van der Waals surface area (Å²) >= 11 is 0. The number of amides is 1. The molecule has 0 bridgehead atoms. The average molecular weight is 305 g/mol. The Morgan fingerprint density at radius 1 is 1.40 bits per heavy atom. The monoisotopic (exact) mass is 305 g/mol. The van der Waals surface area contributed by atoms with E-state index in [-0.39, 0.29) is 24.1 Å². The number of carbonyl (C=O) groups is 1. The van der Waals surface area contributed by atoms with Crippen molar-refractivity contribution in [2.75, 3.05) is 58.7 Å². The highest BCUT2D eigenvalue weighted by Crippen LogP contribution is 2.16. The van der Waals surface area contributed by atoms with Crippen LogP contribution in [0.4, 0.5) is 0 Å². The smallest absolute Gasteiger partial charge is 0.237 e. The highest BCUT2D eigenvalue weighted by Gasteiger charge is 2.28. The van der Waals surface area contributed by atoms with Gasteiger partial charge in [0.2, 0.25) is 15.9 Å². The minimum Gasteiger partial charge on any atom is -0.381 e. The Kier molecular flexibility index (Phi) is 5.36. The quantitative estimate of drug-likeness (QED) is 0.684. The summed E-state index contributed by atoms with van der Waals surface area (Å²) in [6, 6.07) is 0. The number of carbonyl (C=O) groups excluding carboxylic acids is 1. The number of nitrogens with one attached hydrogen (secondary N) is 1. The van der Waals surface area contributed by atoms with Gasteiger partial charge in [-0.1, -0.05) is 0 Å². The van der Waals surface area contributed by atoms with E-state index in [0.29, 0.717) is 26.3 Å². The van der Waals surface area contributed by atoms with Crippen LogP contribution >= 0.6 is 0 Å². The van der Waals surface area contributed by atoms with Crippen LogP contribution in [-0.2, 0) is 19.6 Å². The van der Waals surface area contributed by atoms with Crippen LogP contribution in [0, 0.1) is 5.92 Å². The molecular weight excluding hydrogens is 282 g/mol. The fourth-order valence-electron chi connectivity index (χ4n) is 2.44. The van der Waals surface area contributed by atoms with Crippen LogP contribution in [0.5, 0.6) is 0 Å². The summed E-state index contributed by atoms with van der Waals surface area (Å²) in [5.41, 5.74) is 0. The molecule has 1 unspecified atom stereocenters. The lowest BCUT2D eigenvalue weighted by atomic mass is 10.2. The Bertz CT molecular complexity index is 428. The lowest BCUT2D eigenvalue weighted by Gasteiger charge is -2.29. The van der Waals surface area contributed by atoms with Crippen molar-refractivity contribution in [1.29, 1.82) is 0 Å². The van der Waals surface area contributed by atoms with Crippen LogP contribution in [0.1, 0.15) is 6.42 Å². The first kappa shape index (κ1) is 15.7. The number of piperazine rings is 1. The van der Waals surface area contributed by atoms with Gasteiger partial charge in [0.25, 0.3) is 0 Å². The molecule has 2 heterocycles. The molecule has 116 valence electrons. The second-order valence-corrected chi connectivity index (χ2v) is 7.52. The number of rotatable bonds is 5. The van der Waals surface area contributed by atoms with Crippen LogP contribution in [0.15, 0.2) is 0 Å². The van der Waals surface area contributed by atoms with Gasteiger partial charge < -0.3 is 15.0 Å². The van der Waals surface area contributed by atoms with Crippen molar-refractivity contribution >= 4 is 15.9 Å². The predicted octanol–water partition coefficient (Wildman–Crippen LogP) is -1.28. The molecule has 8 heteroatoms. The molecule has 1 atom stereocenters. The second-order valence-electron chi connectivity index (χ2n) is 5.39. The Hall–Kier alpha value is -0.700. The predicted molar refractivity (Wildman–Crippen MR) is 74.8 cm³/mol. The van der Waals surface area contributed by atoms with Gasteiger partial charge in [0.15, 0.2) is 0 Å². The molecule has 2 saturated heterocycles. The van der Waals surface area contributed by atoms with Gasteiger partial charge in [-0.15, -0.1) is 0 Å². The lowest BCUT2D eigenvalue weighted by molar-refractivity contribution is -0.131. The molecule has 0 saturated carbocycles. The maximum absolute atomic E-state index is 12.2. The summed E-state index contributed by atoms with van der Waals surface area (Å²) in [7, 11) is -1.91. The first-order valence-corrected chi connectivity index (χ1v) is 8.60. The summed E-state index contributed by atoms with van der Waals surface area (Å²) in [4.78, 5) is 13.8. The number of hydrogen-bond donors (Lipinski definition) is 1. The molecule has 1 N–H and O–H groups in total. The van der Waals surface area contributed by atoms with Crippen molar-refractivity contribution in [1.82, 2.24) is 14.5 Å². The van der Waals surface area contributed by atoms with Gasteiger partial charge in [0, 0.05) is 39.8 Å². The number of hydrogen-bond acceptors (Lipinski definition) is 5. The first-order chi connectivity index (χ1) is 9.49. The minimum atomic E-state index is -3.39. The van der Waals surface area contributed by atoms with Crippen molar-refractivity contribution in [3.63, 3.8) is 0 Å². The minimum absolute atomic E-state index is 0.0525. The summed E-state index contributed by atoms with van der Waals surface area (Å²) < 4.78 is 30.8. The molecule has 7 nitrogen and oxygen atoms in total. The largest absolute Gasteiger partial charge is 0.381 e.